The van der Waals surface area contributed by atoms with Crippen LogP contribution in [0.3, 0.4) is 0 Å². The van der Waals surface area contributed by atoms with Crippen molar-refractivity contribution in [2.45, 2.75) is 20.8 Å². The molecule has 1 aromatic carbocycles. The lowest BCUT2D eigenvalue weighted by Gasteiger charge is -2.05. The minimum Gasteiger partial charge on any atom is -0.496 e. The van der Waals surface area contributed by atoms with Crippen LogP contribution in [0.1, 0.15) is 25.0 Å². The first kappa shape index (κ1) is 13.2. The molecule has 4 heteroatoms. The topological polar surface area (TPSA) is 50.7 Å². The number of rotatable bonds is 4. The second-order valence-electron chi connectivity index (χ2n) is 4.12. The van der Waals surface area contributed by atoms with Crippen LogP contribution in [0.2, 0.25) is 0 Å². The van der Waals surface area contributed by atoms with Crippen LogP contribution in [0.15, 0.2) is 23.3 Å². The number of benzene rings is 1. The van der Waals surface area contributed by atoms with E-state index >= 15 is 0 Å². The molecule has 0 bridgehead atoms. The molecule has 1 aromatic rings. The summed E-state index contributed by atoms with van der Waals surface area (Å²) in [5, 5.41) is 3.89. The molecule has 0 aliphatic carbocycles. The maximum absolute atomic E-state index is 11.3. The van der Waals surface area contributed by atoms with E-state index in [2.05, 4.69) is 10.5 Å². The van der Waals surface area contributed by atoms with Gasteiger partial charge in [-0.1, -0.05) is 26.0 Å². The van der Waals surface area contributed by atoms with Crippen molar-refractivity contribution in [1.82, 2.24) is 5.43 Å². The fourth-order valence-electron chi connectivity index (χ4n) is 1.22. The van der Waals surface area contributed by atoms with Crippen LogP contribution in [-0.2, 0) is 4.79 Å². The fourth-order valence-corrected chi connectivity index (χ4v) is 1.22. The number of hydrazone groups is 1. The van der Waals surface area contributed by atoms with Crippen LogP contribution < -0.4 is 10.2 Å². The molecule has 0 fully saturated rings. The van der Waals surface area contributed by atoms with E-state index in [-0.39, 0.29) is 11.8 Å². The highest BCUT2D eigenvalue weighted by atomic mass is 16.5. The number of carbonyl (C=O) groups is 1. The molecule has 0 spiro atoms. The van der Waals surface area contributed by atoms with Gasteiger partial charge >= 0.3 is 0 Å². The van der Waals surface area contributed by atoms with Crippen LogP contribution in [0.25, 0.3) is 0 Å². The van der Waals surface area contributed by atoms with Crippen LogP contribution in [0.4, 0.5) is 0 Å². The molecule has 17 heavy (non-hydrogen) atoms. The zero-order chi connectivity index (χ0) is 12.8. The number of amides is 1. The summed E-state index contributed by atoms with van der Waals surface area (Å²) in [5.41, 5.74) is 4.42. The average molecular weight is 234 g/mol. The molecule has 0 saturated carbocycles. The number of hydrogen-bond donors (Lipinski definition) is 1. The molecular formula is C13H18N2O2. The van der Waals surface area contributed by atoms with E-state index in [1.807, 2.05) is 39.0 Å². The third kappa shape index (κ3) is 3.90. The van der Waals surface area contributed by atoms with E-state index in [4.69, 9.17) is 4.74 Å². The summed E-state index contributed by atoms with van der Waals surface area (Å²) in [6.45, 7) is 5.61. The van der Waals surface area contributed by atoms with Gasteiger partial charge in [-0.25, -0.2) is 5.43 Å². The van der Waals surface area contributed by atoms with Crippen molar-refractivity contribution in [3.8, 4) is 5.75 Å². The lowest BCUT2D eigenvalue weighted by atomic mass is 10.1. The predicted molar refractivity (Wildman–Crippen MR) is 68.3 cm³/mol. The molecular weight excluding hydrogens is 216 g/mol. The highest BCUT2D eigenvalue weighted by Gasteiger charge is 2.04. The summed E-state index contributed by atoms with van der Waals surface area (Å²) in [6.07, 6.45) is 1.60. The summed E-state index contributed by atoms with van der Waals surface area (Å²) < 4.78 is 5.20. The SMILES string of the molecule is COc1cc(/C=N/NC(=O)C(C)C)ccc1C. The molecule has 1 rings (SSSR count). The third-order valence-corrected chi connectivity index (χ3v) is 2.34. The van der Waals surface area contributed by atoms with Gasteiger partial charge in [-0.15, -0.1) is 0 Å². The van der Waals surface area contributed by atoms with Crippen molar-refractivity contribution in [3.05, 3.63) is 29.3 Å². The number of nitrogens with one attached hydrogen (secondary N) is 1. The second kappa shape index (κ2) is 6.03. The van der Waals surface area contributed by atoms with E-state index in [0.29, 0.717) is 0 Å². The van der Waals surface area contributed by atoms with Gasteiger partial charge in [-0.05, 0) is 24.1 Å². The van der Waals surface area contributed by atoms with Gasteiger partial charge in [0.2, 0.25) is 5.91 Å². The highest BCUT2D eigenvalue weighted by molar-refractivity contribution is 5.83. The Bertz CT molecular complexity index is 425. The molecule has 1 N–H and O–H groups in total. The Morgan fingerprint density at radius 2 is 2.18 bits per heavy atom. The van der Waals surface area contributed by atoms with Crippen LogP contribution >= 0.6 is 0 Å². The Morgan fingerprint density at radius 1 is 1.47 bits per heavy atom. The monoisotopic (exact) mass is 234 g/mol. The summed E-state index contributed by atoms with van der Waals surface area (Å²) >= 11 is 0. The molecule has 0 unspecified atom stereocenters. The summed E-state index contributed by atoms with van der Waals surface area (Å²) in [6, 6.07) is 5.74. The quantitative estimate of drug-likeness (QED) is 0.640. The van der Waals surface area contributed by atoms with Gasteiger partial charge in [-0.3, -0.25) is 4.79 Å². The number of aryl methyl sites for hydroxylation is 1. The molecule has 0 atom stereocenters. The Kier molecular flexibility index (Phi) is 4.69. The highest BCUT2D eigenvalue weighted by Crippen LogP contribution is 2.17. The van der Waals surface area contributed by atoms with Crippen molar-refractivity contribution in [2.24, 2.45) is 11.0 Å². The van der Waals surface area contributed by atoms with Gasteiger partial charge in [0.25, 0.3) is 0 Å². The van der Waals surface area contributed by atoms with Crippen molar-refractivity contribution >= 4 is 12.1 Å². The van der Waals surface area contributed by atoms with Crippen LogP contribution in [-0.4, -0.2) is 19.2 Å². The van der Waals surface area contributed by atoms with Gasteiger partial charge in [0.05, 0.1) is 13.3 Å². The van der Waals surface area contributed by atoms with E-state index in [9.17, 15) is 4.79 Å². The first-order chi connectivity index (χ1) is 8.04. The fraction of sp³-hybridized carbons (Fsp3) is 0.385. The Morgan fingerprint density at radius 3 is 2.76 bits per heavy atom. The number of hydrogen-bond acceptors (Lipinski definition) is 3. The first-order valence-electron chi connectivity index (χ1n) is 5.52. The molecule has 0 heterocycles. The van der Waals surface area contributed by atoms with E-state index in [1.165, 1.54) is 0 Å². The van der Waals surface area contributed by atoms with E-state index in [0.717, 1.165) is 16.9 Å². The maximum atomic E-state index is 11.3. The van der Waals surface area contributed by atoms with Crippen LogP contribution in [0.5, 0.6) is 5.75 Å². The van der Waals surface area contributed by atoms with Crippen molar-refractivity contribution in [3.63, 3.8) is 0 Å². The van der Waals surface area contributed by atoms with Crippen molar-refractivity contribution in [2.75, 3.05) is 7.11 Å². The molecule has 0 aliphatic heterocycles. The number of carbonyl (C=O) groups excluding carboxylic acids is 1. The lowest BCUT2D eigenvalue weighted by molar-refractivity contribution is -0.123. The summed E-state index contributed by atoms with van der Waals surface area (Å²) in [7, 11) is 1.63. The largest absolute Gasteiger partial charge is 0.496 e. The second-order valence-corrected chi connectivity index (χ2v) is 4.12. The van der Waals surface area contributed by atoms with E-state index in [1.54, 1.807) is 13.3 Å². The first-order valence-corrected chi connectivity index (χ1v) is 5.52. The third-order valence-electron chi connectivity index (χ3n) is 2.34. The number of ether oxygens (including phenoxy) is 1. The summed E-state index contributed by atoms with van der Waals surface area (Å²) in [5.74, 6) is 0.643. The predicted octanol–water partition coefficient (Wildman–Crippen LogP) is 2.11. The normalized spacial score (nSPS) is 10.9. The van der Waals surface area contributed by atoms with Gasteiger partial charge in [-0.2, -0.15) is 5.10 Å². The van der Waals surface area contributed by atoms with Gasteiger partial charge < -0.3 is 4.74 Å². The van der Waals surface area contributed by atoms with E-state index < -0.39 is 0 Å². The minimum absolute atomic E-state index is 0.0697. The van der Waals surface area contributed by atoms with Gasteiger partial charge in [0.1, 0.15) is 5.75 Å². The smallest absolute Gasteiger partial charge is 0.242 e. The molecule has 0 saturated heterocycles. The van der Waals surface area contributed by atoms with Crippen molar-refractivity contribution < 1.29 is 9.53 Å². The number of methoxy groups -OCH3 is 1. The van der Waals surface area contributed by atoms with Crippen molar-refractivity contribution in [1.29, 1.82) is 0 Å². The molecule has 92 valence electrons. The average Bonchev–Trinajstić information content (AvgIpc) is 2.31. The molecule has 0 aliphatic rings. The Balaban J connectivity index is 2.69. The summed E-state index contributed by atoms with van der Waals surface area (Å²) in [4.78, 5) is 11.3. The Hall–Kier alpha value is -1.84. The van der Waals surface area contributed by atoms with Crippen LogP contribution in [0, 0.1) is 12.8 Å². The molecule has 0 aromatic heterocycles. The molecule has 1 amide bonds. The molecule has 0 radical (unpaired) electrons. The zero-order valence-corrected chi connectivity index (χ0v) is 10.7. The zero-order valence-electron chi connectivity index (χ0n) is 10.7. The number of nitrogens with zero attached hydrogens (tertiary/aromatic N) is 1. The Labute approximate surface area is 102 Å². The van der Waals surface area contributed by atoms with Gasteiger partial charge in [0, 0.05) is 5.92 Å². The standard InChI is InChI=1S/C13H18N2O2/c1-9(2)13(16)15-14-8-11-6-5-10(3)12(7-11)17-4/h5-9H,1-4H3,(H,15,16)/b14-8+. The maximum Gasteiger partial charge on any atom is 0.242 e. The minimum atomic E-state index is -0.0969. The van der Waals surface area contributed by atoms with Gasteiger partial charge in [0.15, 0.2) is 0 Å². The molecule has 4 nitrogen and oxygen atoms in total. The lowest BCUT2D eigenvalue weighted by Crippen LogP contribution is -2.22.